The predicted molar refractivity (Wildman–Crippen MR) is 147 cm³/mol. The smallest absolute Gasteiger partial charge is 0.254 e. The Kier molecular flexibility index (Phi) is 7.51. The van der Waals surface area contributed by atoms with Gasteiger partial charge in [-0.3, -0.25) is 14.4 Å². The van der Waals surface area contributed by atoms with Crippen LogP contribution in [0.5, 0.6) is 5.75 Å². The first-order valence-corrected chi connectivity index (χ1v) is 13.5. The van der Waals surface area contributed by atoms with Crippen LogP contribution in [0.25, 0.3) is 0 Å². The minimum Gasteiger partial charge on any atom is -0.496 e. The standard InChI is InChI=1S/C28H30BrN5O4/c1-17-3-6-19(13-25(17)38-2)32-27(36)18-4-7-21(8-5-18)34-14-23-22(28(34)37)11-20(12-24(23)29)31-26(35)15-33-10-9-30-16-33/h3,6,9-13,16,18,21H,4-5,7-8,14-15H2,1-2H3,(H,31,35)(H,32,36). The van der Waals surface area contributed by atoms with Crippen molar-refractivity contribution in [1.29, 1.82) is 0 Å². The molecule has 9 nitrogen and oxygen atoms in total. The van der Waals surface area contributed by atoms with Crippen LogP contribution in [0.15, 0.2) is 53.5 Å². The molecule has 2 aromatic carbocycles. The summed E-state index contributed by atoms with van der Waals surface area (Å²) in [5.74, 6) is 0.418. The average molecular weight is 580 g/mol. The van der Waals surface area contributed by atoms with Crippen LogP contribution in [-0.4, -0.2) is 45.3 Å². The van der Waals surface area contributed by atoms with Gasteiger partial charge in [-0.25, -0.2) is 4.98 Å². The Morgan fingerprint density at radius 1 is 1.11 bits per heavy atom. The highest BCUT2D eigenvalue weighted by Crippen LogP contribution is 2.37. The number of hydrogen-bond donors (Lipinski definition) is 2. The number of aromatic nitrogens is 2. The number of benzene rings is 2. The van der Waals surface area contributed by atoms with Crippen molar-refractivity contribution < 1.29 is 19.1 Å². The minimum absolute atomic E-state index is 0.00390. The Morgan fingerprint density at radius 2 is 1.89 bits per heavy atom. The summed E-state index contributed by atoms with van der Waals surface area (Å²) in [7, 11) is 1.62. The number of carbonyl (C=O) groups excluding carboxylic acids is 3. The molecule has 1 fully saturated rings. The van der Waals surface area contributed by atoms with Gasteiger partial charge in [0.05, 0.1) is 13.4 Å². The third-order valence-electron chi connectivity index (χ3n) is 7.37. The first-order chi connectivity index (χ1) is 18.3. The van der Waals surface area contributed by atoms with Gasteiger partial charge in [0.2, 0.25) is 11.8 Å². The van der Waals surface area contributed by atoms with Crippen molar-refractivity contribution in [2.24, 2.45) is 5.92 Å². The van der Waals surface area contributed by atoms with Crippen LogP contribution in [0.1, 0.15) is 47.2 Å². The number of imidazole rings is 1. The van der Waals surface area contributed by atoms with E-state index in [0.717, 1.165) is 52.7 Å². The van der Waals surface area contributed by atoms with Crippen LogP contribution in [0.4, 0.5) is 11.4 Å². The van der Waals surface area contributed by atoms with Crippen molar-refractivity contribution in [1.82, 2.24) is 14.5 Å². The van der Waals surface area contributed by atoms with E-state index in [4.69, 9.17) is 4.74 Å². The maximum absolute atomic E-state index is 13.4. The highest BCUT2D eigenvalue weighted by atomic mass is 79.9. The molecule has 0 spiro atoms. The number of carbonyl (C=O) groups is 3. The average Bonchev–Trinajstić information content (AvgIpc) is 3.53. The number of aryl methyl sites for hydroxylation is 1. The molecule has 3 aromatic rings. The molecule has 1 aliphatic carbocycles. The summed E-state index contributed by atoms with van der Waals surface area (Å²) < 4.78 is 7.84. The zero-order chi connectivity index (χ0) is 26.8. The van der Waals surface area contributed by atoms with Crippen molar-refractivity contribution in [2.45, 2.75) is 51.7 Å². The molecule has 0 radical (unpaired) electrons. The van der Waals surface area contributed by atoms with Gasteiger partial charge in [-0.15, -0.1) is 0 Å². The first-order valence-electron chi connectivity index (χ1n) is 12.7. The van der Waals surface area contributed by atoms with Crippen LogP contribution in [-0.2, 0) is 22.7 Å². The highest BCUT2D eigenvalue weighted by Gasteiger charge is 2.37. The summed E-state index contributed by atoms with van der Waals surface area (Å²) in [5.41, 5.74) is 3.84. The summed E-state index contributed by atoms with van der Waals surface area (Å²) in [6.45, 7) is 2.62. The second kappa shape index (κ2) is 11.0. The van der Waals surface area contributed by atoms with Crippen LogP contribution in [0, 0.1) is 12.8 Å². The largest absolute Gasteiger partial charge is 0.496 e. The molecule has 2 heterocycles. The lowest BCUT2D eigenvalue weighted by atomic mass is 9.84. The van der Waals surface area contributed by atoms with E-state index in [2.05, 4.69) is 31.5 Å². The fourth-order valence-electron chi connectivity index (χ4n) is 5.29. The summed E-state index contributed by atoms with van der Waals surface area (Å²) in [5, 5.41) is 5.89. The Balaban J connectivity index is 1.18. The van der Waals surface area contributed by atoms with E-state index in [-0.39, 0.29) is 36.2 Å². The van der Waals surface area contributed by atoms with E-state index < -0.39 is 0 Å². The number of ether oxygens (including phenoxy) is 1. The molecular formula is C28H30BrN5O4. The highest BCUT2D eigenvalue weighted by molar-refractivity contribution is 9.10. The topological polar surface area (TPSA) is 106 Å². The summed E-state index contributed by atoms with van der Waals surface area (Å²) in [6, 6.07) is 9.31. The molecule has 1 aliphatic heterocycles. The number of fused-ring (bicyclic) bond motifs is 1. The molecule has 1 saturated carbocycles. The van der Waals surface area contributed by atoms with Crippen LogP contribution >= 0.6 is 15.9 Å². The van der Waals surface area contributed by atoms with E-state index in [9.17, 15) is 14.4 Å². The fraction of sp³-hybridized carbons (Fsp3) is 0.357. The predicted octanol–water partition coefficient (Wildman–Crippen LogP) is 4.75. The molecular weight excluding hydrogens is 550 g/mol. The van der Waals surface area contributed by atoms with Crippen molar-refractivity contribution in [3.8, 4) is 5.75 Å². The van der Waals surface area contributed by atoms with Crippen molar-refractivity contribution >= 4 is 45.0 Å². The molecule has 198 valence electrons. The molecule has 3 amide bonds. The van der Waals surface area contributed by atoms with E-state index in [0.29, 0.717) is 17.8 Å². The monoisotopic (exact) mass is 579 g/mol. The summed E-state index contributed by atoms with van der Waals surface area (Å²) in [6.07, 6.45) is 7.89. The number of nitrogens with zero attached hydrogens (tertiary/aromatic N) is 3. The fourth-order valence-corrected chi connectivity index (χ4v) is 5.88. The van der Waals surface area contributed by atoms with Gasteiger partial charge < -0.3 is 24.8 Å². The van der Waals surface area contributed by atoms with E-state index in [1.807, 2.05) is 36.1 Å². The molecule has 2 aliphatic rings. The van der Waals surface area contributed by atoms with Crippen LogP contribution in [0.3, 0.4) is 0 Å². The summed E-state index contributed by atoms with van der Waals surface area (Å²) >= 11 is 3.60. The van der Waals surface area contributed by atoms with Crippen molar-refractivity contribution in [2.75, 3.05) is 17.7 Å². The van der Waals surface area contributed by atoms with Crippen LogP contribution in [0.2, 0.25) is 0 Å². The Hall–Kier alpha value is -3.66. The number of amides is 3. The molecule has 5 rings (SSSR count). The Labute approximate surface area is 229 Å². The zero-order valence-corrected chi connectivity index (χ0v) is 23.0. The first kappa shape index (κ1) is 26.0. The minimum atomic E-state index is -0.196. The lowest BCUT2D eigenvalue weighted by Crippen LogP contribution is -2.40. The second-order valence-electron chi connectivity index (χ2n) is 9.88. The quantitative estimate of drug-likeness (QED) is 0.420. The third-order valence-corrected chi connectivity index (χ3v) is 8.08. The van der Waals surface area contributed by atoms with E-state index in [1.165, 1.54) is 0 Å². The number of nitrogens with one attached hydrogen (secondary N) is 2. The maximum Gasteiger partial charge on any atom is 0.254 e. The Bertz CT molecular complexity index is 1370. The maximum atomic E-state index is 13.4. The molecule has 0 bridgehead atoms. The Morgan fingerprint density at radius 3 is 2.61 bits per heavy atom. The second-order valence-corrected chi connectivity index (χ2v) is 10.7. The molecule has 1 aromatic heterocycles. The van der Waals surface area contributed by atoms with Gasteiger partial charge in [0.1, 0.15) is 12.3 Å². The number of rotatable bonds is 7. The molecule has 0 atom stereocenters. The van der Waals surface area contributed by atoms with Gasteiger partial charge in [0.15, 0.2) is 0 Å². The van der Waals surface area contributed by atoms with Gasteiger partial charge in [-0.05, 0) is 61.9 Å². The van der Waals surface area contributed by atoms with Gasteiger partial charge in [0.25, 0.3) is 5.91 Å². The lowest BCUT2D eigenvalue weighted by molar-refractivity contribution is -0.121. The molecule has 0 saturated heterocycles. The molecule has 0 unspecified atom stereocenters. The van der Waals surface area contributed by atoms with Gasteiger partial charge >= 0.3 is 0 Å². The number of anilines is 2. The van der Waals surface area contributed by atoms with Gasteiger partial charge in [0, 0.05) is 58.4 Å². The molecule has 2 N–H and O–H groups in total. The SMILES string of the molecule is COc1cc(NC(=O)C2CCC(N3Cc4c(Br)cc(NC(=O)Cn5ccnc5)cc4C3=O)CC2)ccc1C. The van der Waals surface area contributed by atoms with Gasteiger partial charge in [-0.1, -0.05) is 22.0 Å². The van der Waals surface area contributed by atoms with Crippen molar-refractivity contribution in [3.05, 3.63) is 70.2 Å². The number of halogens is 1. The van der Waals surface area contributed by atoms with E-state index >= 15 is 0 Å². The molecule has 10 heteroatoms. The number of methoxy groups -OCH3 is 1. The summed E-state index contributed by atoms with van der Waals surface area (Å²) in [4.78, 5) is 44.6. The lowest BCUT2D eigenvalue weighted by Gasteiger charge is -2.34. The normalized spacial score (nSPS) is 18.7. The van der Waals surface area contributed by atoms with Crippen LogP contribution < -0.4 is 15.4 Å². The third kappa shape index (κ3) is 5.45. The number of hydrogen-bond acceptors (Lipinski definition) is 5. The molecule has 38 heavy (non-hydrogen) atoms. The van der Waals surface area contributed by atoms with E-state index in [1.54, 1.807) is 36.5 Å². The van der Waals surface area contributed by atoms with Crippen molar-refractivity contribution in [3.63, 3.8) is 0 Å². The van der Waals surface area contributed by atoms with Gasteiger partial charge in [-0.2, -0.15) is 0 Å². The zero-order valence-electron chi connectivity index (χ0n) is 21.4.